The van der Waals surface area contributed by atoms with Crippen molar-refractivity contribution in [3.63, 3.8) is 0 Å². The van der Waals surface area contributed by atoms with Crippen molar-refractivity contribution in [2.24, 2.45) is 0 Å². The van der Waals surface area contributed by atoms with Crippen LogP contribution in [0.5, 0.6) is 0 Å². The summed E-state index contributed by atoms with van der Waals surface area (Å²) in [5.74, 6) is 0.585. The van der Waals surface area contributed by atoms with Crippen LogP contribution < -0.4 is 10.0 Å². The predicted octanol–water partition coefficient (Wildman–Crippen LogP) is 3.89. The average molecular weight is 467 g/mol. The summed E-state index contributed by atoms with van der Waals surface area (Å²) < 4.78 is 29.7. The minimum absolute atomic E-state index is 0.185. The van der Waals surface area contributed by atoms with Gasteiger partial charge in [0.25, 0.3) is 5.91 Å². The Labute approximate surface area is 195 Å². The number of imidazole rings is 1. The Morgan fingerprint density at radius 1 is 1.06 bits per heavy atom. The maximum absolute atomic E-state index is 13.2. The van der Waals surface area contributed by atoms with Crippen LogP contribution in [-0.4, -0.2) is 29.9 Å². The van der Waals surface area contributed by atoms with Crippen LogP contribution >= 0.6 is 0 Å². The lowest BCUT2D eigenvalue weighted by molar-refractivity contribution is 0.0945. The van der Waals surface area contributed by atoms with Crippen molar-refractivity contribution in [3.05, 3.63) is 71.5 Å². The molecule has 3 aromatic rings. The molecule has 2 N–H and O–H groups in total. The molecule has 1 aliphatic rings. The van der Waals surface area contributed by atoms with Crippen LogP contribution in [0.25, 0.3) is 11.4 Å². The van der Waals surface area contributed by atoms with Gasteiger partial charge in [-0.1, -0.05) is 48.9 Å². The van der Waals surface area contributed by atoms with Crippen LogP contribution in [0.1, 0.15) is 54.9 Å². The van der Waals surface area contributed by atoms with Gasteiger partial charge in [-0.15, -0.1) is 0 Å². The summed E-state index contributed by atoms with van der Waals surface area (Å²) in [6.45, 7) is 4.62. The quantitative estimate of drug-likeness (QED) is 0.552. The molecular formula is C25H30N4O3S. The van der Waals surface area contributed by atoms with Crippen LogP contribution in [0.2, 0.25) is 0 Å². The second-order valence-corrected chi connectivity index (χ2v) is 10.4. The van der Waals surface area contributed by atoms with Crippen molar-refractivity contribution < 1.29 is 13.2 Å². The minimum Gasteiger partial charge on any atom is -0.347 e. The summed E-state index contributed by atoms with van der Waals surface area (Å²) in [6.07, 6.45) is 4.04. The normalized spacial score (nSPS) is 14.0. The number of hydrogen-bond acceptors (Lipinski definition) is 4. The second kappa shape index (κ2) is 9.89. The number of carbonyl (C=O) groups is 1. The molecule has 1 amide bonds. The van der Waals surface area contributed by atoms with Gasteiger partial charge in [-0.25, -0.2) is 18.1 Å². The number of hydrogen-bond donors (Lipinski definition) is 2. The lowest BCUT2D eigenvalue weighted by Gasteiger charge is -2.11. The van der Waals surface area contributed by atoms with Gasteiger partial charge in [0, 0.05) is 24.7 Å². The molecule has 0 fully saturated rings. The van der Waals surface area contributed by atoms with Gasteiger partial charge in [0.15, 0.2) is 0 Å². The Morgan fingerprint density at radius 2 is 1.85 bits per heavy atom. The molecule has 1 aromatic heterocycles. The highest BCUT2D eigenvalue weighted by Crippen LogP contribution is 2.27. The summed E-state index contributed by atoms with van der Waals surface area (Å²) in [5, 5.41) is 2.94. The standard InChI is InChI=1S/C25H30N4O3S/c1-18(2)28-33(31,32)21-13-9-10-19(16-21)17-26-25(30)23-22-14-7-4-8-15-29(22)24(27-23)20-11-5-3-6-12-20/h3,5-6,9-13,16,18,28H,4,7-8,14-15,17H2,1-2H3,(H,26,30). The highest BCUT2D eigenvalue weighted by atomic mass is 32.2. The van der Waals surface area contributed by atoms with Crippen molar-refractivity contribution in [2.45, 2.75) is 63.6 Å². The lowest BCUT2D eigenvalue weighted by atomic mass is 10.1. The fraction of sp³-hybridized carbons (Fsp3) is 0.360. The molecule has 8 heteroatoms. The third-order valence-electron chi connectivity index (χ3n) is 5.67. The molecule has 7 nitrogen and oxygen atoms in total. The van der Waals surface area contributed by atoms with E-state index in [1.165, 1.54) is 0 Å². The third-order valence-corrected chi connectivity index (χ3v) is 7.32. The molecule has 33 heavy (non-hydrogen) atoms. The molecule has 0 saturated heterocycles. The zero-order valence-electron chi connectivity index (χ0n) is 19.0. The molecule has 4 rings (SSSR count). The summed E-state index contributed by atoms with van der Waals surface area (Å²) in [5.41, 5.74) is 3.14. The number of fused-ring (bicyclic) bond motifs is 1. The average Bonchev–Trinajstić information content (AvgIpc) is 2.98. The highest BCUT2D eigenvalue weighted by molar-refractivity contribution is 7.89. The van der Waals surface area contributed by atoms with E-state index < -0.39 is 10.0 Å². The monoisotopic (exact) mass is 466 g/mol. The Kier molecular flexibility index (Phi) is 6.95. The summed E-state index contributed by atoms with van der Waals surface area (Å²) >= 11 is 0. The lowest BCUT2D eigenvalue weighted by Crippen LogP contribution is -2.30. The molecule has 0 spiro atoms. The smallest absolute Gasteiger partial charge is 0.272 e. The summed E-state index contributed by atoms with van der Waals surface area (Å²) in [7, 11) is -3.59. The Morgan fingerprint density at radius 3 is 2.61 bits per heavy atom. The number of benzene rings is 2. The number of rotatable bonds is 7. The molecule has 0 atom stereocenters. The number of nitrogens with one attached hydrogen (secondary N) is 2. The van der Waals surface area contributed by atoms with Crippen LogP contribution in [0.4, 0.5) is 0 Å². The van der Waals surface area contributed by atoms with Gasteiger partial charge in [0.05, 0.1) is 10.6 Å². The molecule has 0 saturated carbocycles. The van der Waals surface area contributed by atoms with Gasteiger partial charge >= 0.3 is 0 Å². The van der Waals surface area contributed by atoms with Crippen LogP contribution in [0, 0.1) is 0 Å². The van der Waals surface area contributed by atoms with E-state index in [4.69, 9.17) is 4.98 Å². The van der Waals surface area contributed by atoms with E-state index in [-0.39, 0.29) is 23.4 Å². The first-order chi connectivity index (χ1) is 15.8. The van der Waals surface area contributed by atoms with E-state index in [9.17, 15) is 13.2 Å². The van der Waals surface area contributed by atoms with Crippen molar-refractivity contribution in [2.75, 3.05) is 0 Å². The van der Waals surface area contributed by atoms with Crippen LogP contribution in [0.15, 0.2) is 59.5 Å². The Balaban J connectivity index is 1.56. The minimum atomic E-state index is -3.59. The van der Waals surface area contributed by atoms with Crippen molar-refractivity contribution in [1.82, 2.24) is 19.6 Å². The van der Waals surface area contributed by atoms with Crippen LogP contribution in [0.3, 0.4) is 0 Å². The molecule has 0 aliphatic carbocycles. The SMILES string of the molecule is CC(C)NS(=O)(=O)c1cccc(CNC(=O)c2nc(-c3ccccc3)n3c2CCCCC3)c1. The molecule has 0 unspecified atom stereocenters. The zero-order chi connectivity index (χ0) is 23.4. The summed E-state index contributed by atoms with van der Waals surface area (Å²) in [6, 6.07) is 16.4. The van der Waals surface area contributed by atoms with Gasteiger partial charge < -0.3 is 9.88 Å². The van der Waals surface area contributed by atoms with Gasteiger partial charge in [-0.3, -0.25) is 4.79 Å². The molecule has 174 valence electrons. The molecule has 0 radical (unpaired) electrons. The Hall–Kier alpha value is -2.97. The van der Waals surface area contributed by atoms with Gasteiger partial charge in [0.1, 0.15) is 11.5 Å². The number of amides is 1. The predicted molar refractivity (Wildman–Crippen MR) is 128 cm³/mol. The number of carbonyl (C=O) groups excluding carboxylic acids is 1. The van der Waals surface area contributed by atoms with E-state index in [0.717, 1.165) is 49.3 Å². The molecule has 1 aliphatic heterocycles. The fourth-order valence-electron chi connectivity index (χ4n) is 4.18. The zero-order valence-corrected chi connectivity index (χ0v) is 19.9. The third kappa shape index (κ3) is 5.34. The Bertz CT molecular complexity index is 1230. The molecule has 2 aromatic carbocycles. The van der Waals surface area contributed by atoms with Crippen molar-refractivity contribution in [1.29, 1.82) is 0 Å². The molecule has 0 bridgehead atoms. The van der Waals surface area contributed by atoms with E-state index in [0.29, 0.717) is 11.3 Å². The number of aromatic nitrogens is 2. The highest BCUT2D eigenvalue weighted by Gasteiger charge is 2.24. The number of sulfonamides is 1. The maximum atomic E-state index is 13.2. The van der Waals surface area contributed by atoms with Crippen molar-refractivity contribution in [3.8, 4) is 11.4 Å². The first-order valence-corrected chi connectivity index (χ1v) is 12.9. The van der Waals surface area contributed by atoms with Gasteiger partial charge in [-0.05, 0) is 50.8 Å². The second-order valence-electron chi connectivity index (χ2n) is 8.67. The van der Waals surface area contributed by atoms with E-state index >= 15 is 0 Å². The van der Waals surface area contributed by atoms with Crippen molar-refractivity contribution >= 4 is 15.9 Å². The first-order valence-electron chi connectivity index (χ1n) is 11.4. The van der Waals surface area contributed by atoms with E-state index in [1.54, 1.807) is 38.1 Å². The fourth-order valence-corrected chi connectivity index (χ4v) is 5.50. The summed E-state index contributed by atoms with van der Waals surface area (Å²) in [4.78, 5) is 18.1. The largest absolute Gasteiger partial charge is 0.347 e. The molecular weight excluding hydrogens is 436 g/mol. The van der Waals surface area contributed by atoms with E-state index in [2.05, 4.69) is 14.6 Å². The molecule has 2 heterocycles. The number of nitrogens with zero attached hydrogens (tertiary/aromatic N) is 2. The topological polar surface area (TPSA) is 93.1 Å². The van der Waals surface area contributed by atoms with E-state index in [1.807, 2.05) is 30.3 Å². The maximum Gasteiger partial charge on any atom is 0.272 e. The first kappa shape index (κ1) is 23.2. The van der Waals surface area contributed by atoms with Gasteiger partial charge in [-0.2, -0.15) is 0 Å². The van der Waals surface area contributed by atoms with Gasteiger partial charge in [0.2, 0.25) is 10.0 Å². The van der Waals surface area contributed by atoms with Crippen LogP contribution in [-0.2, 0) is 29.5 Å².